The van der Waals surface area contributed by atoms with Gasteiger partial charge in [0.1, 0.15) is 0 Å². The maximum Gasteiger partial charge on any atom is 0.319 e. The third-order valence-electron chi connectivity index (χ3n) is 12.7. The second kappa shape index (κ2) is 29.7. The van der Waals surface area contributed by atoms with E-state index in [4.69, 9.17) is 4.74 Å². The SMILES string of the molecule is CCCCCCCCCCCCCCCCC1(C(=O)OC(=O)C2(CCCCCCCCCCCCCCCC)CCCCC2)CCCCC1. The second-order valence-corrected chi connectivity index (χ2v) is 17.1. The molecular weight excluding hydrogens is 601 g/mol. The van der Waals surface area contributed by atoms with E-state index in [2.05, 4.69) is 13.8 Å². The first-order valence-corrected chi connectivity index (χ1v) is 22.9. The molecular formula is C46H86O3. The zero-order valence-electron chi connectivity index (χ0n) is 33.5. The summed E-state index contributed by atoms with van der Waals surface area (Å²) in [5.41, 5.74) is -0.814. The summed E-state index contributed by atoms with van der Waals surface area (Å²) >= 11 is 0. The standard InChI is InChI=1S/C46H86O3/c1-3-5-7-9-11-13-15-17-19-21-23-25-27-31-37-45(39-33-29-34-40-45)43(47)49-44(48)46(41-35-30-36-42-46)38-32-28-26-24-22-20-18-16-14-12-10-8-6-4-2/h3-42H2,1-2H3. The molecule has 0 atom stereocenters. The first kappa shape index (κ1) is 44.3. The molecule has 0 aromatic rings. The van der Waals surface area contributed by atoms with Gasteiger partial charge in [0.05, 0.1) is 10.8 Å². The van der Waals surface area contributed by atoms with E-state index in [1.807, 2.05) is 0 Å². The lowest BCUT2D eigenvalue weighted by Crippen LogP contribution is -2.42. The molecule has 0 unspecified atom stereocenters. The summed E-state index contributed by atoms with van der Waals surface area (Å²) in [6, 6.07) is 0. The van der Waals surface area contributed by atoms with Crippen LogP contribution < -0.4 is 0 Å². The zero-order chi connectivity index (χ0) is 35.1. The van der Waals surface area contributed by atoms with Crippen LogP contribution in [0.2, 0.25) is 0 Å². The average molecular weight is 687 g/mol. The molecule has 0 aromatic carbocycles. The van der Waals surface area contributed by atoms with Crippen molar-refractivity contribution in [2.75, 3.05) is 0 Å². The highest BCUT2D eigenvalue weighted by molar-refractivity contribution is 5.91. The number of carbonyl (C=O) groups is 2. The molecule has 0 heterocycles. The number of esters is 2. The van der Waals surface area contributed by atoms with E-state index in [0.717, 1.165) is 77.0 Å². The number of rotatable bonds is 32. The van der Waals surface area contributed by atoms with Crippen molar-refractivity contribution in [1.29, 1.82) is 0 Å². The predicted molar refractivity (Wildman–Crippen MR) is 212 cm³/mol. The summed E-state index contributed by atoms with van der Waals surface area (Å²) in [6.45, 7) is 4.58. The Morgan fingerprint density at radius 2 is 0.571 bits per heavy atom. The van der Waals surface area contributed by atoms with Crippen LogP contribution in [0.1, 0.15) is 271 Å². The van der Waals surface area contributed by atoms with Crippen molar-refractivity contribution in [3.63, 3.8) is 0 Å². The number of hydrogen-bond donors (Lipinski definition) is 0. The number of carbonyl (C=O) groups excluding carboxylic acids is 2. The van der Waals surface area contributed by atoms with Crippen molar-refractivity contribution in [2.24, 2.45) is 10.8 Å². The minimum Gasteiger partial charge on any atom is -0.392 e. The summed E-state index contributed by atoms with van der Waals surface area (Å²) in [6.07, 6.45) is 50.2. The summed E-state index contributed by atoms with van der Waals surface area (Å²) < 4.78 is 6.00. The second-order valence-electron chi connectivity index (χ2n) is 17.1. The summed E-state index contributed by atoms with van der Waals surface area (Å²) in [5, 5.41) is 0. The maximum atomic E-state index is 13.8. The molecule has 49 heavy (non-hydrogen) atoms. The van der Waals surface area contributed by atoms with Gasteiger partial charge in [-0.05, 0) is 38.5 Å². The van der Waals surface area contributed by atoms with Gasteiger partial charge in [0.2, 0.25) is 0 Å². The van der Waals surface area contributed by atoms with Gasteiger partial charge in [0.15, 0.2) is 0 Å². The highest BCUT2D eigenvalue weighted by Gasteiger charge is 2.46. The van der Waals surface area contributed by atoms with E-state index < -0.39 is 10.8 Å². The van der Waals surface area contributed by atoms with Crippen molar-refractivity contribution >= 4 is 11.9 Å². The van der Waals surface area contributed by atoms with Gasteiger partial charge in [-0.15, -0.1) is 0 Å². The van der Waals surface area contributed by atoms with Gasteiger partial charge < -0.3 is 4.74 Å². The molecule has 0 radical (unpaired) electrons. The van der Waals surface area contributed by atoms with Gasteiger partial charge in [-0.25, -0.2) is 0 Å². The van der Waals surface area contributed by atoms with Gasteiger partial charge in [0, 0.05) is 0 Å². The Labute approximate surface area is 307 Å². The summed E-state index contributed by atoms with van der Waals surface area (Å²) in [7, 11) is 0. The molecule has 0 saturated heterocycles. The lowest BCUT2D eigenvalue weighted by atomic mass is 9.69. The van der Waals surface area contributed by atoms with Crippen LogP contribution in [0.25, 0.3) is 0 Å². The van der Waals surface area contributed by atoms with Crippen LogP contribution in [0, 0.1) is 10.8 Å². The first-order valence-electron chi connectivity index (χ1n) is 22.9. The lowest BCUT2D eigenvalue weighted by molar-refractivity contribution is -0.177. The van der Waals surface area contributed by atoms with Gasteiger partial charge >= 0.3 is 11.9 Å². The van der Waals surface area contributed by atoms with Crippen LogP contribution in [-0.4, -0.2) is 11.9 Å². The third-order valence-corrected chi connectivity index (χ3v) is 12.7. The van der Waals surface area contributed by atoms with Crippen molar-refractivity contribution < 1.29 is 14.3 Å². The largest absolute Gasteiger partial charge is 0.392 e. The number of hydrogen-bond acceptors (Lipinski definition) is 3. The highest BCUT2D eigenvalue weighted by Crippen LogP contribution is 2.45. The fraction of sp³-hybridized carbons (Fsp3) is 0.957. The van der Waals surface area contributed by atoms with E-state index >= 15 is 0 Å². The normalized spacial score (nSPS) is 17.3. The average Bonchev–Trinajstić information content (AvgIpc) is 3.12. The molecule has 0 aromatic heterocycles. The number of unbranched alkanes of at least 4 members (excludes halogenated alkanes) is 26. The quantitative estimate of drug-likeness (QED) is 0.0402. The molecule has 0 bridgehead atoms. The maximum absolute atomic E-state index is 13.8. The third kappa shape index (κ3) is 20.1. The molecule has 0 N–H and O–H groups in total. The van der Waals surface area contributed by atoms with Crippen molar-refractivity contribution in [3.8, 4) is 0 Å². The van der Waals surface area contributed by atoms with Crippen LogP contribution in [0.15, 0.2) is 0 Å². The van der Waals surface area contributed by atoms with Gasteiger partial charge in [-0.3, -0.25) is 9.59 Å². The minimum atomic E-state index is -0.407. The molecule has 2 fully saturated rings. The molecule has 2 aliphatic rings. The molecule has 288 valence electrons. The summed E-state index contributed by atoms with van der Waals surface area (Å²) in [5.74, 6) is -0.310. The minimum absolute atomic E-state index is 0.155. The Hall–Kier alpha value is -0.860. The van der Waals surface area contributed by atoms with E-state index in [-0.39, 0.29) is 11.9 Å². The first-order chi connectivity index (χ1) is 24.1. The Kier molecular flexibility index (Phi) is 26.8. The van der Waals surface area contributed by atoms with Gasteiger partial charge in [-0.2, -0.15) is 0 Å². The molecule has 2 saturated carbocycles. The molecule has 2 aliphatic carbocycles. The van der Waals surface area contributed by atoms with Gasteiger partial charge in [0.25, 0.3) is 0 Å². The summed E-state index contributed by atoms with van der Waals surface area (Å²) in [4.78, 5) is 27.7. The van der Waals surface area contributed by atoms with Gasteiger partial charge in [-0.1, -0.05) is 232 Å². The molecule has 0 amide bonds. The van der Waals surface area contributed by atoms with Crippen molar-refractivity contribution in [1.82, 2.24) is 0 Å². The van der Waals surface area contributed by atoms with Crippen molar-refractivity contribution in [3.05, 3.63) is 0 Å². The smallest absolute Gasteiger partial charge is 0.319 e. The Morgan fingerprint density at radius 1 is 0.347 bits per heavy atom. The lowest BCUT2D eigenvalue weighted by Gasteiger charge is -2.38. The molecule has 3 nitrogen and oxygen atoms in total. The zero-order valence-corrected chi connectivity index (χ0v) is 33.5. The number of ether oxygens (including phenoxy) is 1. The Balaban J connectivity index is 1.64. The monoisotopic (exact) mass is 687 g/mol. The Morgan fingerprint density at radius 3 is 0.816 bits per heavy atom. The molecule has 0 spiro atoms. The van der Waals surface area contributed by atoms with E-state index in [1.54, 1.807) is 0 Å². The highest BCUT2D eigenvalue weighted by atomic mass is 16.6. The molecule has 0 aliphatic heterocycles. The predicted octanol–water partition coefficient (Wildman–Crippen LogP) is 15.7. The van der Waals surface area contributed by atoms with E-state index in [1.165, 1.54) is 180 Å². The van der Waals surface area contributed by atoms with Crippen LogP contribution >= 0.6 is 0 Å². The molecule has 3 heteroatoms. The van der Waals surface area contributed by atoms with Crippen LogP contribution in [0.3, 0.4) is 0 Å². The van der Waals surface area contributed by atoms with E-state index in [0.29, 0.717) is 0 Å². The van der Waals surface area contributed by atoms with Crippen LogP contribution in [-0.2, 0) is 14.3 Å². The Bertz CT molecular complexity index is 711. The van der Waals surface area contributed by atoms with Crippen LogP contribution in [0.4, 0.5) is 0 Å². The van der Waals surface area contributed by atoms with Crippen molar-refractivity contribution in [2.45, 2.75) is 271 Å². The van der Waals surface area contributed by atoms with Crippen LogP contribution in [0.5, 0.6) is 0 Å². The fourth-order valence-electron chi connectivity index (χ4n) is 9.19. The van der Waals surface area contributed by atoms with E-state index in [9.17, 15) is 9.59 Å². The molecule has 2 rings (SSSR count). The topological polar surface area (TPSA) is 43.4 Å². The fourth-order valence-corrected chi connectivity index (χ4v) is 9.19.